The molecular formula is C19H21FN4O2. The van der Waals surface area contributed by atoms with Crippen molar-refractivity contribution in [3.63, 3.8) is 0 Å². The van der Waals surface area contributed by atoms with Crippen molar-refractivity contribution in [3.05, 3.63) is 34.6 Å². The third-order valence-corrected chi connectivity index (χ3v) is 6.08. The van der Waals surface area contributed by atoms with Crippen LogP contribution in [0, 0.1) is 11.8 Å². The molecule has 2 aliphatic carbocycles. The van der Waals surface area contributed by atoms with Gasteiger partial charge in [0.05, 0.1) is 10.9 Å². The molecule has 2 heterocycles. The Kier molecular flexibility index (Phi) is 3.36. The van der Waals surface area contributed by atoms with Crippen LogP contribution in [0.1, 0.15) is 25.7 Å². The molecule has 1 aromatic heterocycles. The first kappa shape index (κ1) is 15.8. The highest BCUT2D eigenvalue weighted by Gasteiger charge is 2.52. The van der Waals surface area contributed by atoms with Gasteiger partial charge in [-0.05, 0) is 49.7 Å². The summed E-state index contributed by atoms with van der Waals surface area (Å²) in [5.41, 5.74) is -1.02. The lowest BCUT2D eigenvalue weighted by molar-refractivity contribution is -0.128. The van der Waals surface area contributed by atoms with E-state index in [2.05, 4.69) is 20.2 Å². The van der Waals surface area contributed by atoms with Crippen molar-refractivity contribution < 1.29 is 9.18 Å². The van der Waals surface area contributed by atoms with E-state index in [9.17, 15) is 14.0 Å². The summed E-state index contributed by atoms with van der Waals surface area (Å²) in [6, 6.07) is 7.39. The molecule has 7 heteroatoms. The number of rotatable bonds is 3. The molecule has 5 rings (SSSR count). The van der Waals surface area contributed by atoms with Gasteiger partial charge >= 0.3 is 0 Å². The Morgan fingerprint density at radius 3 is 2.62 bits per heavy atom. The van der Waals surface area contributed by atoms with Crippen LogP contribution >= 0.6 is 0 Å². The van der Waals surface area contributed by atoms with Crippen molar-refractivity contribution in [2.24, 2.45) is 11.8 Å². The van der Waals surface area contributed by atoms with E-state index in [-0.39, 0.29) is 11.6 Å². The van der Waals surface area contributed by atoms with E-state index in [4.69, 9.17) is 0 Å². The predicted octanol–water partition coefficient (Wildman–Crippen LogP) is 1.76. The van der Waals surface area contributed by atoms with Gasteiger partial charge in [-0.2, -0.15) is 0 Å². The van der Waals surface area contributed by atoms with Crippen LogP contribution in [0.3, 0.4) is 0 Å². The van der Waals surface area contributed by atoms with Crippen LogP contribution in [-0.2, 0) is 4.79 Å². The maximum absolute atomic E-state index is 13.8. The molecule has 1 aliphatic heterocycles. The number of amides is 1. The van der Waals surface area contributed by atoms with E-state index in [0.29, 0.717) is 41.5 Å². The van der Waals surface area contributed by atoms with E-state index < -0.39 is 11.6 Å². The largest absolute Gasteiger partial charge is 0.351 e. The molecule has 136 valence electrons. The molecule has 1 amide bonds. The average molecular weight is 356 g/mol. The van der Waals surface area contributed by atoms with Crippen molar-refractivity contribution >= 4 is 22.8 Å². The summed E-state index contributed by atoms with van der Waals surface area (Å²) in [5, 5.41) is 3.49. The Balaban J connectivity index is 1.28. The van der Waals surface area contributed by atoms with Gasteiger partial charge in [0.2, 0.25) is 5.95 Å². The average Bonchev–Trinajstić information content (AvgIpc) is 3.09. The van der Waals surface area contributed by atoms with Gasteiger partial charge < -0.3 is 10.2 Å². The van der Waals surface area contributed by atoms with E-state index in [1.807, 2.05) is 18.2 Å². The second kappa shape index (κ2) is 5.53. The number of H-pyrrole nitrogens is 1. The summed E-state index contributed by atoms with van der Waals surface area (Å²) in [6.45, 7) is 1.61. The first-order chi connectivity index (χ1) is 12.5. The van der Waals surface area contributed by atoms with E-state index in [1.165, 1.54) is 0 Å². The van der Waals surface area contributed by atoms with Gasteiger partial charge in [0.1, 0.15) is 0 Å². The van der Waals surface area contributed by atoms with Gasteiger partial charge in [0.15, 0.2) is 5.67 Å². The van der Waals surface area contributed by atoms with Crippen molar-refractivity contribution in [3.8, 4) is 0 Å². The second-order valence-corrected chi connectivity index (χ2v) is 7.94. The van der Waals surface area contributed by atoms with Gasteiger partial charge in [-0.15, -0.1) is 0 Å². The Morgan fingerprint density at radius 1 is 1.23 bits per heavy atom. The molecule has 26 heavy (non-hydrogen) atoms. The molecule has 1 saturated heterocycles. The van der Waals surface area contributed by atoms with E-state index >= 15 is 0 Å². The minimum absolute atomic E-state index is 0.0662. The fraction of sp³-hybridized carbons (Fsp3) is 0.526. The normalized spacial score (nSPS) is 29.0. The third-order valence-electron chi connectivity index (χ3n) is 6.08. The van der Waals surface area contributed by atoms with Crippen LogP contribution in [0.2, 0.25) is 0 Å². The van der Waals surface area contributed by atoms with Crippen LogP contribution in [0.4, 0.5) is 10.3 Å². The zero-order chi connectivity index (χ0) is 17.9. The first-order valence-electron chi connectivity index (χ1n) is 9.26. The monoisotopic (exact) mass is 356 g/mol. The summed E-state index contributed by atoms with van der Waals surface area (Å²) < 4.78 is 13.8. The highest BCUT2D eigenvalue weighted by Crippen LogP contribution is 2.42. The van der Waals surface area contributed by atoms with E-state index in [1.54, 1.807) is 6.07 Å². The molecule has 6 nitrogen and oxygen atoms in total. The summed E-state index contributed by atoms with van der Waals surface area (Å²) in [4.78, 5) is 33.8. The second-order valence-electron chi connectivity index (χ2n) is 7.94. The number of nitrogens with zero attached hydrogens (tertiary/aromatic N) is 2. The molecule has 0 spiro atoms. The van der Waals surface area contributed by atoms with Crippen LogP contribution in [0.5, 0.6) is 0 Å². The molecule has 1 aromatic carbocycles. The molecular weight excluding hydrogens is 335 g/mol. The number of aromatic amines is 1. The minimum atomic E-state index is -1.60. The standard InChI is InChI=1S/C19H21FN4O2/c20-19(5-6-19)17(26)21-13-7-11-9-24(10-12(11)8-13)18-22-15-4-2-1-3-14(15)16(25)23-18/h1-4,11-13H,5-10H2,(H,21,26)(H,22,23,25). The number of carbonyl (C=O) groups excluding carboxylic acids is 1. The SMILES string of the molecule is O=C(NC1CC2CN(c3nc4ccccc4c(=O)[nH]3)CC2C1)C1(F)CC1. The first-order valence-corrected chi connectivity index (χ1v) is 9.26. The molecule has 0 bridgehead atoms. The van der Waals surface area contributed by atoms with E-state index in [0.717, 1.165) is 25.9 Å². The molecule has 2 N–H and O–H groups in total. The lowest BCUT2D eigenvalue weighted by Crippen LogP contribution is -2.40. The fourth-order valence-corrected chi connectivity index (χ4v) is 4.47. The van der Waals surface area contributed by atoms with Crippen molar-refractivity contribution in [1.82, 2.24) is 15.3 Å². The number of halogens is 1. The highest BCUT2D eigenvalue weighted by atomic mass is 19.1. The van der Waals surface area contributed by atoms with Crippen LogP contribution in [-0.4, -0.2) is 40.7 Å². The number of aromatic nitrogens is 2. The third kappa shape index (κ3) is 2.57. The lowest BCUT2D eigenvalue weighted by atomic mass is 10.0. The zero-order valence-electron chi connectivity index (χ0n) is 14.4. The lowest BCUT2D eigenvalue weighted by Gasteiger charge is -2.21. The Morgan fingerprint density at radius 2 is 1.92 bits per heavy atom. The number of para-hydroxylation sites is 1. The van der Waals surface area contributed by atoms with Gasteiger partial charge in [0.25, 0.3) is 11.5 Å². The number of nitrogens with one attached hydrogen (secondary N) is 2. The number of anilines is 1. The fourth-order valence-electron chi connectivity index (χ4n) is 4.47. The van der Waals surface area contributed by atoms with Crippen molar-refractivity contribution in [2.75, 3.05) is 18.0 Å². The molecule has 2 unspecified atom stereocenters. The van der Waals surface area contributed by atoms with Crippen LogP contribution < -0.4 is 15.8 Å². The number of alkyl halides is 1. The maximum atomic E-state index is 13.8. The highest BCUT2D eigenvalue weighted by molar-refractivity contribution is 5.88. The Labute approximate surface area is 149 Å². The molecule has 2 saturated carbocycles. The minimum Gasteiger partial charge on any atom is -0.351 e. The number of benzene rings is 1. The topological polar surface area (TPSA) is 78.1 Å². The van der Waals surface area contributed by atoms with Crippen LogP contribution in [0.25, 0.3) is 10.9 Å². The predicted molar refractivity (Wildman–Crippen MR) is 95.8 cm³/mol. The maximum Gasteiger partial charge on any atom is 0.260 e. The zero-order valence-corrected chi connectivity index (χ0v) is 14.4. The van der Waals surface area contributed by atoms with Gasteiger partial charge in [-0.25, -0.2) is 9.37 Å². The summed E-state index contributed by atoms with van der Waals surface area (Å²) in [7, 11) is 0. The van der Waals surface area contributed by atoms with Crippen LogP contribution in [0.15, 0.2) is 29.1 Å². The van der Waals surface area contributed by atoms with Gasteiger partial charge in [-0.1, -0.05) is 12.1 Å². The Bertz CT molecular complexity index is 925. The number of carbonyl (C=O) groups is 1. The van der Waals surface area contributed by atoms with Gasteiger partial charge in [0, 0.05) is 19.1 Å². The number of hydrogen-bond donors (Lipinski definition) is 2. The molecule has 3 aliphatic rings. The smallest absolute Gasteiger partial charge is 0.260 e. The molecule has 0 radical (unpaired) electrons. The summed E-state index contributed by atoms with van der Waals surface area (Å²) >= 11 is 0. The van der Waals surface area contributed by atoms with Crippen molar-refractivity contribution in [1.29, 1.82) is 0 Å². The summed E-state index contributed by atoms with van der Waals surface area (Å²) in [6.07, 6.45) is 2.43. The molecule has 3 fully saturated rings. The number of hydrogen-bond acceptors (Lipinski definition) is 4. The Hall–Kier alpha value is -2.44. The number of fused-ring (bicyclic) bond motifs is 2. The quantitative estimate of drug-likeness (QED) is 0.878. The molecule has 2 atom stereocenters. The van der Waals surface area contributed by atoms with Crippen molar-refractivity contribution in [2.45, 2.75) is 37.4 Å². The molecule has 2 aromatic rings. The summed E-state index contributed by atoms with van der Waals surface area (Å²) in [5.74, 6) is 1.06. The van der Waals surface area contributed by atoms with Gasteiger partial charge in [-0.3, -0.25) is 14.6 Å².